The second-order valence-corrected chi connectivity index (χ2v) is 6.23. The summed E-state index contributed by atoms with van der Waals surface area (Å²) in [4.78, 5) is 9.45. The van der Waals surface area contributed by atoms with E-state index in [-0.39, 0.29) is 0 Å². The van der Waals surface area contributed by atoms with Crippen LogP contribution in [0.1, 0.15) is 55.4 Å². The van der Waals surface area contributed by atoms with E-state index in [1.807, 2.05) is 0 Å². The van der Waals surface area contributed by atoms with E-state index in [1.54, 1.807) is 0 Å². The first-order chi connectivity index (χ1) is 8.27. The topological polar surface area (TPSA) is 24.7 Å². The summed E-state index contributed by atoms with van der Waals surface area (Å²) < 4.78 is 0. The molecule has 0 aromatic heterocycles. The van der Waals surface area contributed by atoms with E-state index in [0.29, 0.717) is 23.7 Å². The van der Waals surface area contributed by atoms with Crippen LogP contribution >= 0.6 is 0 Å². The Morgan fingerprint density at radius 2 is 0.778 bits per heavy atom. The lowest BCUT2D eigenvalue weighted by Crippen LogP contribution is -2.17. The van der Waals surface area contributed by atoms with Gasteiger partial charge in [-0.25, -0.2) is 0 Å². The van der Waals surface area contributed by atoms with Crippen molar-refractivity contribution in [3.05, 3.63) is 0 Å². The van der Waals surface area contributed by atoms with E-state index >= 15 is 0 Å². The highest BCUT2D eigenvalue weighted by atomic mass is 14.8. The van der Waals surface area contributed by atoms with Crippen LogP contribution in [0.3, 0.4) is 0 Å². The summed E-state index contributed by atoms with van der Waals surface area (Å²) in [7, 11) is 0. The summed E-state index contributed by atoms with van der Waals surface area (Å²) >= 11 is 0. The highest BCUT2D eigenvalue weighted by molar-refractivity contribution is 5.88. The predicted octanol–water partition coefficient (Wildman–Crippen LogP) is 4.49. The second kappa shape index (κ2) is 8.44. The standard InChI is InChI=1S/C16H32N2/c1-11(2)15(12(3)4)17-9-10-18-16(13(5)6)14(7)8/h11-14H,9-10H2,1-8H3. The Hall–Kier alpha value is -0.660. The summed E-state index contributed by atoms with van der Waals surface area (Å²) in [5.74, 6) is 2.18. The first-order valence-electron chi connectivity index (χ1n) is 7.35. The van der Waals surface area contributed by atoms with Crippen molar-refractivity contribution in [3.8, 4) is 0 Å². The molecular weight excluding hydrogens is 220 g/mol. The maximum Gasteiger partial charge on any atom is 0.0584 e. The van der Waals surface area contributed by atoms with Crippen LogP contribution in [0.25, 0.3) is 0 Å². The molecule has 0 bridgehead atoms. The van der Waals surface area contributed by atoms with Gasteiger partial charge in [0.1, 0.15) is 0 Å². The summed E-state index contributed by atoms with van der Waals surface area (Å²) in [5.41, 5.74) is 2.64. The summed E-state index contributed by atoms with van der Waals surface area (Å²) in [6, 6.07) is 0. The molecule has 106 valence electrons. The average molecular weight is 252 g/mol. The maximum atomic E-state index is 4.72. The normalized spacial score (nSPS) is 11.6. The van der Waals surface area contributed by atoms with Gasteiger partial charge in [0.25, 0.3) is 0 Å². The van der Waals surface area contributed by atoms with Gasteiger partial charge in [-0.15, -0.1) is 0 Å². The number of hydrogen-bond acceptors (Lipinski definition) is 2. The zero-order chi connectivity index (χ0) is 14.3. The van der Waals surface area contributed by atoms with Gasteiger partial charge in [-0.1, -0.05) is 55.4 Å². The maximum absolute atomic E-state index is 4.72. The molecule has 0 aliphatic carbocycles. The van der Waals surface area contributed by atoms with Crippen molar-refractivity contribution in [3.63, 3.8) is 0 Å². The summed E-state index contributed by atoms with van der Waals surface area (Å²) in [5, 5.41) is 0. The lowest BCUT2D eigenvalue weighted by Gasteiger charge is -2.15. The van der Waals surface area contributed by atoms with Gasteiger partial charge < -0.3 is 0 Å². The fourth-order valence-corrected chi connectivity index (χ4v) is 2.42. The molecular formula is C16H32N2. The van der Waals surface area contributed by atoms with Crippen molar-refractivity contribution in [2.24, 2.45) is 33.7 Å². The fourth-order valence-electron chi connectivity index (χ4n) is 2.42. The third-order valence-electron chi connectivity index (χ3n) is 3.05. The molecule has 0 saturated carbocycles. The van der Waals surface area contributed by atoms with Gasteiger partial charge in [0.15, 0.2) is 0 Å². The highest BCUT2D eigenvalue weighted by Crippen LogP contribution is 2.09. The quantitative estimate of drug-likeness (QED) is 0.471. The number of nitrogens with zero attached hydrogens (tertiary/aromatic N) is 2. The Kier molecular flexibility index (Phi) is 8.13. The molecule has 0 aliphatic rings. The van der Waals surface area contributed by atoms with E-state index in [1.165, 1.54) is 11.4 Å². The lowest BCUT2D eigenvalue weighted by molar-refractivity contribution is 0.739. The Balaban J connectivity index is 4.49. The smallest absolute Gasteiger partial charge is 0.0584 e. The van der Waals surface area contributed by atoms with E-state index in [2.05, 4.69) is 55.4 Å². The molecule has 0 heterocycles. The molecule has 0 atom stereocenters. The molecule has 0 aromatic rings. The van der Waals surface area contributed by atoms with E-state index in [0.717, 1.165) is 13.1 Å². The first kappa shape index (κ1) is 17.3. The zero-order valence-electron chi connectivity index (χ0n) is 13.6. The predicted molar refractivity (Wildman–Crippen MR) is 84.0 cm³/mol. The largest absolute Gasteiger partial charge is 0.292 e. The highest BCUT2D eigenvalue weighted by Gasteiger charge is 2.10. The molecule has 0 fully saturated rings. The van der Waals surface area contributed by atoms with Gasteiger partial charge in [-0.2, -0.15) is 0 Å². The zero-order valence-corrected chi connectivity index (χ0v) is 13.6. The Morgan fingerprint density at radius 1 is 0.556 bits per heavy atom. The molecule has 2 heteroatoms. The van der Waals surface area contributed by atoms with Gasteiger partial charge >= 0.3 is 0 Å². The van der Waals surface area contributed by atoms with Crippen LogP contribution in [-0.2, 0) is 0 Å². The Morgan fingerprint density at radius 3 is 0.944 bits per heavy atom. The minimum atomic E-state index is 0.545. The Labute approximate surface area is 114 Å². The molecule has 18 heavy (non-hydrogen) atoms. The van der Waals surface area contributed by atoms with Gasteiger partial charge in [0.2, 0.25) is 0 Å². The Bertz CT molecular complexity index is 233. The summed E-state index contributed by atoms with van der Waals surface area (Å²) in [6.07, 6.45) is 0. The van der Waals surface area contributed by atoms with Gasteiger partial charge in [-0.3, -0.25) is 9.98 Å². The van der Waals surface area contributed by atoms with Crippen LogP contribution < -0.4 is 0 Å². The summed E-state index contributed by atoms with van der Waals surface area (Å²) in [6.45, 7) is 19.4. The molecule has 0 rings (SSSR count). The van der Waals surface area contributed by atoms with Crippen molar-refractivity contribution in [2.75, 3.05) is 13.1 Å². The van der Waals surface area contributed by atoms with Gasteiger partial charge in [-0.05, 0) is 23.7 Å². The van der Waals surface area contributed by atoms with Gasteiger partial charge in [0.05, 0.1) is 13.1 Å². The molecule has 0 unspecified atom stereocenters. The average Bonchev–Trinajstić information content (AvgIpc) is 2.20. The third kappa shape index (κ3) is 6.32. The lowest BCUT2D eigenvalue weighted by atomic mass is 9.97. The second-order valence-electron chi connectivity index (χ2n) is 6.23. The molecule has 0 radical (unpaired) electrons. The SMILES string of the molecule is CC(C)C(=NCCN=C(C(C)C)C(C)C)C(C)C. The van der Waals surface area contributed by atoms with E-state index < -0.39 is 0 Å². The number of aliphatic imine (C=N–C) groups is 2. The molecule has 0 aromatic carbocycles. The molecule has 0 N–H and O–H groups in total. The van der Waals surface area contributed by atoms with Crippen LogP contribution in [0.4, 0.5) is 0 Å². The third-order valence-corrected chi connectivity index (χ3v) is 3.05. The van der Waals surface area contributed by atoms with Crippen molar-refractivity contribution < 1.29 is 0 Å². The van der Waals surface area contributed by atoms with Crippen LogP contribution in [0.2, 0.25) is 0 Å². The van der Waals surface area contributed by atoms with Crippen molar-refractivity contribution >= 4 is 11.4 Å². The minimum absolute atomic E-state index is 0.545. The molecule has 0 amide bonds. The number of hydrogen-bond donors (Lipinski definition) is 0. The van der Waals surface area contributed by atoms with Crippen LogP contribution in [0.5, 0.6) is 0 Å². The van der Waals surface area contributed by atoms with Gasteiger partial charge in [0, 0.05) is 11.4 Å². The fraction of sp³-hybridized carbons (Fsp3) is 0.875. The van der Waals surface area contributed by atoms with Crippen LogP contribution in [0, 0.1) is 23.7 Å². The number of rotatable bonds is 7. The van der Waals surface area contributed by atoms with Crippen LogP contribution in [0.15, 0.2) is 9.98 Å². The molecule has 2 nitrogen and oxygen atoms in total. The molecule has 0 aliphatic heterocycles. The monoisotopic (exact) mass is 252 g/mol. The van der Waals surface area contributed by atoms with E-state index in [4.69, 9.17) is 9.98 Å². The van der Waals surface area contributed by atoms with Crippen molar-refractivity contribution in [1.82, 2.24) is 0 Å². The van der Waals surface area contributed by atoms with Crippen molar-refractivity contribution in [2.45, 2.75) is 55.4 Å². The molecule has 0 spiro atoms. The minimum Gasteiger partial charge on any atom is -0.292 e. The van der Waals surface area contributed by atoms with Crippen LogP contribution in [-0.4, -0.2) is 24.5 Å². The first-order valence-corrected chi connectivity index (χ1v) is 7.35. The molecule has 0 saturated heterocycles. The van der Waals surface area contributed by atoms with E-state index in [9.17, 15) is 0 Å². The van der Waals surface area contributed by atoms with Crippen molar-refractivity contribution in [1.29, 1.82) is 0 Å².